The minimum Gasteiger partial charge on any atom is -0.496 e. The SMILES string of the molecule is COc1ccccc1CNC(=O)COC(=O)c1nn(-c2ccc(C)cc2C)nc1C. The largest absolute Gasteiger partial charge is 0.496 e. The number of esters is 1. The molecular weight excluding hydrogens is 384 g/mol. The molecule has 0 spiro atoms. The lowest BCUT2D eigenvalue weighted by molar-refractivity contribution is -0.124. The van der Waals surface area contributed by atoms with Crippen LogP contribution in [-0.4, -0.2) is 40.6 Å². The maximum Gasteiger partial charge on any atom is 0.361 e. The molecule has 30 heavy (non-hydrogen) atoms. The monoisotopic (exact) mass is 408 g/mol. The van der Waals surface area contributed by atoms with E-state index in [2.05, 4.69) is 15.5 Å². The van der Waals surface area contributed by atoms with Crippen molar-refractivity contribution in [3.8, 4) is 11.4 Å². The number of amides is 1. The van der Waals surface area contributed by atoms with Crippen molar-refractivity contribution in [2.24, 2.45) is 0 Å². The summed E-state index contributed by atoms with van der Waals surface area (Å²) in [6, 6.07) is 13.2. The number of methoxy groups -OCH3 is 1. The Morgan fingerprint density at radius 2 is 1.83 bits per heavy atom. The van der Waals surface area contributed by atoms with Gasteiger partial charge in [0.15, 0.2) is 12.3 Å². The second-order valence-electron chi connectivity index (χ2n) is 6.88. The summed E-state index contributed by atoms with van der Waals surface area (Å²) in [6.07, 6.45) is 0. The molecule has 0 aliphatic rings. The fourth-order valence-electron chi connectivity index (χ4n) is 3.00. The quantitative estimate of drug-likeness (QED) is 0.604. The molecule has 156 valence electrons. The highest BCUT2D eigenvalue weighted by molar-refractivity contribution is 5.90. The molecule has 0 saturated carbocycles. The summed E-state index contributed by atoms with van der Waals surface area (Å²) in [5.41, 5.74) is 4.21. The number of nitrogens with one attached hydrogen (secondary N) is 1. The lowest BCUT2D eigenvalue weighted by Crippen LogP contribution is -2.28. The van der Waals surface area contributed by atoms with Crippen molar-refractivity contribution in [2.45, 2.75) is 27.3 Å². The lowest BCUT2D eigenvalue weighted by Gasteiger charge is -2.09. The topological polar surface area (TPSA) is 95.3 Å². The molecular formula is C22H24N4O4. The van der Waals surface area contributed by atoms with Crippen LogP contribution in [0, 0.1) is 20.8 Å². The Kier molecular flexibility index (Phi) is 6.46. The number of benzene rings is 2. The number of hydrogen-bond acceptors (Lipinski definition) is 6. The molecule has 0 fully saturated rings. The van der Waals surface area contributed by atoms with Crippen LogP contribution in [0.1, 0.15) is 32.9 Å². The number of carbonyl (C=O) groups excluding carboxylic acids is 2. The minimum atomic E-state index is -0.698. The van der Waals surface area contributed by atoms with Crippen LogP contribution >= 0.6 is 0 Å². The van der Waals surface area contributed by atoms with Gasteiger partial charge in [-0.25, -0.2) is 4.79 Å². The van der Waals surface area contributed by atoms with Gasteiger partial charge in [0.25, 0.3) is 5.91 Å². The highest BCUT2D eigenvalue weighted by Crippen LogP contribution is 2.17. The van der Waals surface area contributed by atoms with E-state index in [0.29, 0.717) is 11.4 Å². The van der Waals surface area contributed by atoms with E-state index in [-0.39, 0.29) is 12.2 Å². The average molecular weight is 408 g/mol. The van der Waals surface area contributed by atoms with Crippen molar-refractivity contribution in [3.63, 3.8) is 0 Å². The molecule has 0 aliphatic heterocycles. The van der Waals surface area contributed by atoms with Crippen molar-refractivity contribution in [3.05, 3.63) is 70.5 Å². The van der Waals surface area contributed by atoms with Crippen molar-refractivity contribution in [1.82, 2.24) is 20.3 Å². The Balaban J connectivity index is 1.59. The van der Waals surface area contributed by atoms with Gasteiger partial charge >= 0.3 is 5.97 Å². The summed E-state index contributed by atoms with van der Waals surface area (Å²) in [6.45, 7) is 5.48. The van der Waals surface area contributed by atoms with Crippen molar-refractivity contribution >= 4 is 11.9 Å². The normalized spacial score (nSPS) is 10.5. The molecule has 3 aromatic rings. The molecule has 0 saturated heterocycles. The predicted molar refractivity (Wildman–Crippen MR) is 111 cm³/mol. The summed E-state index contributed by atoms with van der Waals surface area (Å²) >= 11 is 0. The third-order valence-corrected chi connectivity index (χ3v) is 4.55. The number of para-hydroxylation sites is 1. The summed E-state index contributed by atoms with van der Waals surface area (Å²) in [5, 5.41) is 11.3. The Morgan fingerprint density at radius 3 is 2.57 bits per heavy atom. The molecule has 1 N–H and O–H groups in total. The van der Waals surface area contributed by atoms with Gasteiger partial charge in [-0.1, -0.05) is 35.9 Å². The number of aryl methyl sites for hydroxylation is 3. The molecule has 1 aromatic heterocycles. The van der Waals surface area contributed by atoms with Gasteiger partial charge < -0.3 is 14.8 Å². The van der Waals surface area contributed by atoms with Crippen LogP contribution in [0.25, 0.3) is 5.69 Å². The first-order chi connectivity index (χ1) is 14.4. The standard InChI is InChI=1S/C22H24N4O4/c1-14-9-10-18(15(2)11-14)26-24-16(3)21(25-26)22(28)30-13-20(27)23-12-17-7-5-6-8-19(17)29-4/h5-11H,12-13H2,1-4H3,(H,23,27). The Bertz CT molecular complexity index is 1070. The van der Waals surface area contributed by atoms with E-state index >= 15 is 0 Å². The Morgan fingerprint density at radius 1 is 1.07 bits per heavy atom. The van der Waals surface area contributed by atoms with Gasteiger partial charge in [0.05, 0.1) is 18.5 Å². The van der Waals surface area contributed by atoms with Gasteiger partial charge in [-0.15, -0.1) is 5.10 Å². The molecule has 1 heterocycles. The third-order valence-electron chi connectivity index (χ3n) is 4.55. The van der Waals surface area contributed by atoms with Gasteiger partial charge in [0.1, 0.15) is 5.75 Å². The Labute approximate surface area is 174 Å². The molecule has 0 atom stereocenters. The van der Waals surface area contributed by atoms with Crippen molar-refractivity contribution in [1.29, 1.82) is 0 Å². The van der Waals surface area contributed by atoms with E-state index in [1.54, 1.807) is 14.0 Å². The molecule has 0 radical (unpaired) electrons. The highest BCUT2D eigenvalue weighted by Gasteiger charge is 2.19. The maximum absolute atomic E-state index is 12.4. The molecule has 8 nitrogen and oxygen atoms in total. The van der Waals surface area contributed by atoms with Gasteiger partial charge in [-0.2, -0.15) is 9.90 Å². The van der Waals surface area contributed by atoms with Crippen LogP contribution in [0.5, 0.6) is 5.75 Å². The second kappa shape index (κ2) is 9.21. The first-order valence-electron chi connectivity index (χ1n) is 9.46. The van der Waals surface area contributed by atoms with Crippen LogP contribution < -0.4 is 10.1 Å². The summed E-state index contributed by atoms with van der Waals surface area (Å²) < 4.78 is 10.4. The van der Waals surface area contributed by atoms with E-state index in [4.69, 9.17) is 9.47 Å². The number of hydrogen-bond donors (Lipinski definition) is 1. The van der Waals surface area contributed by atoms with Gasteiger partial charge in [-0.05, 0) is 38.5 Å². The van der Waals surface area contributed by atoms with E-state index in [1.807, 2.05) is 56.3 Å². The van der Waals surface area contributed by atoms with Crippen molar-refractivity contribution < 1.29 is 19.1 Å². The van der Waals surface area contributed by atoms with Crippen LogP contribution in [0.2, 0.25) is 0 Å². The lowest BCUT2D eigenvalue weighted by atomic mass is 10.1. The van der Waals surface area contributed by atoms with Gasteiger partial charge in [0.2, 0.25) is 0 Å². The highest BCUT2D eigenvalue weighted by atomic mass is 16.5. The van der Waals surface area contributed by atoms with Crippen molar-refractivity contribution in [2.75, 3.05) is 13.7 Å². The summed E-state index contributed by atoms with van der Waals surface area (Å²) in [4.78, 5) is 25.9. The first kappa shape index (κ1) is 21.0. The van der Waals surface area contributed by atoms with E-state index in [1.165, 1.54) is 4.80 Å². The molecule has 0 bridgehead atoms. The molecule has 0 aliphatic carbocycles. The zero-order valence-electron chi connectivity index (χ0n) is 17.4. The molecule has 2 aromatic carbocycles. The smallest absolute Gasteiger partial charge is 0.361 e. The minimum absolute atomic E-state index is 0.0764. The number of nitrogens with zero attached hydrogens (tertiary/aromatic N) is 3. The fourth-order valence-corrected chi connectivity index (χ4v) is 3.00. The number of ether oxygens (including phenoxy) is 2. The number of rotatable bonds is 7. The van der Waals surface area contributed by atoms with E-state index in [0.717, 1.165) is 22.4 Å². The molecule has 0 unspecified atom stereocenters. The van der Waals surface area contributed by atoms with E-state index < -0.39 is 18.5 Å². The number of carbonyl (C=O) groups is 2. The van der Waals surface area contributed by atoms with Crippen LogP contribution in [0.3, 0.4) is 0 Å². The van der Waals surface area contributed by atoms with E-state index in [9.17, 15) is 9.59 Å². The Hall–Kier alpha value is -3.68. The summed E-state index contributed by atoms with van der Waals surface area (Å²) in [5.74, 6) is -0.446. The van der Waals surface area contributed by atoms with Crippen LogP contribution in [0.4, 0.5) is 0 Å². The third kappa shape index (κ3) is 4.83. The molecule has 8 heteroatoms. The molecule has 1 amide bonds. The number of aromatic nitrogens is 3. The molecule has 3 rings (SSSR count). The zero-order valence-corrected chi connectivity index (χ0v) is 17.4. The fraction of sp³-hybridized carbons (Fsp3) is 0.273. The average Bonchev–Trinajstić information content (AvgIpc) is 3.12. The van der Waals surface area contributed by atoms with Gasteiger partial charge in [0, 0.05) is 12.1 Å². The van der Waals surface area contributed by atoms with Crippen LogP contribution in [-0.2, 0) is 16.1 Å². The van der Waals surface area contributed by atoms with Gasteiger partial charge in [-0.3, -0.25) is 4.79 Å². The second-order valence-corrected chi connectivity index (χ2v) is 6.88. The first-order valence-corrected chi connectivity index (χ1v) is 9.46. The maximum atomic E-state index is 12.4. The van der Waals surface area contributed by atoms with Crippen LogP contribution in [0.15, 0.2) is 42.5 Å². The summed E-state index contributed by atoms with van der Waals surface area (Å²) in [7, 11) is 1.57. The predicted octanol–water partition coefficient (Wildman–Crippen LogP) is 2.67. The zero-order chi connectivity index (χ0) is 21.7.